The molecule has 0 bridgehead atoms. The summed E-state index contributed by atoms with van der Waals surface area (Å²) in [5.41, 5.74) is 0.856. The molecule has 1 aromatic heterocycles. The van der Waals surface area contributed by atoms with Crippen molar-refractivity contribution in [3.05, 3.63) is 18.0 Å². The van der Waals surface area contributed by atoms with Crippen molar-refractivity contribution in [3.8, 4) is 0 Å². The number of rotatable bonds is 5. The van der Waals surface area contributed by atoms with E-state index in [9.17, 15) is 4.79 Å². The highest BCUT2D eigenvalue weighted by Gasteiger charge is 2.26. The van der Waals surface area contributed by atoms with Crippen molar-refractivity contribution in [2.45, 2.75) is 46.2 Å². The van der Waals surface area contributed by atoms with Gasteiger partial charge in [0, 0.05) is 31.5 Å². The monoisotopic (exact) mass is 282 g/mol. The van der Waals surface area contributed by atoms with Crippen molar-refractivity contribution in [2.24, 2.45) is 12.5 Å². The van der Waals surface area contributed by atoms with Gasteiger partial charge in [0.05, 0.1) is 12.2 Å². The van der Waals surface area contributed by atoms with E-state index in [1.165, 1.54) is 0 Å². The molecule has 2 amide bonds. The van der Waals surface area contributed by atoms with Crippen molar-refractivity contribution in [1.82, 2.24) is 20.4 Å². The molecule has 0 spiro atoms. The van der Waals surface area contributed by atoms with Crippen molar-refractivity contribution in [1.29, 1.82) is 0 Å². The minimum atomic E-state index is -0.227. The zero-order valence-electron chi connectivity index (χ0n) is 13.0. The second-order valence-corrected chi connectivity index (χ2v) is 6.22. The van der Waals surface area contributed by atoms with E-state index in [4.69, 9.17) is 5.11 Å². The SMILES string of the molecule is CC(NC(=O)NC(CCO)C(C)(C)C)c1cnn(C)c1. The van der Waals surface area contributed by atoms with Gasteiger partial charge in [-0.25, -0.2) is 4.79 Å². The van der Waals surface area contributed by atoms with Crippen LogP contribution in [0.1, 0.15) is 45.7 Å². The molecule has 0 fully saturated rings. The summed E-state index contributed by atoms with van der Waals surface area (Å²) in [7, 11) is 1.84. The van der Waals surface area contributed by atoms with Gasteiger partial charge in [0.25, 0.3) is 0 Å². The number of aliphatic hydroxyl groups is 1. The smallest absolute Gasteiger partial charge is 0.315 e. The van der Waals surface area contributed by atoms with Crippen molar-refractivity contribution in [2.75, 3.05) is 6.61 Å². The van der Waals surface area contributed by atoms with Gasteiger partial charge in [0.2, 0.25) is 0 Å². The van der Waals surface area contributed by atoms with Crippen molar-refractivity contribution >= 4 is 6.03 Å². The highest BCUT2D eigenvalue weighted by molar-refractivity contribution is 5.74. The summed E-state index contributed by atoms with van der Waals surface area (Å²) in [5, 5.41) is 19.0. The molecule has 0 saturated carbocycles. The van der Waals surface area contributed by atoms with E-state index in [-0.39, 0.29) is 30.1 Å². The molecule has 114 valence electrons. The molecule has 1 aromatic rings. The Bertz CT molecular complexity index is 437. The Morgan fingerprint density at radius 1 is 1.45 bits per heavy atom. The van der Waals surface area contributed by atoms with Crippen LogP contribution in [0.3, 0.4) is 0 Å². The summed E-state index contributed by atoms with van der Waals surface area (Å²) in [5.74, 6) is 0. The molecule has 2 unspecified atom stereocenters. The van der Waals surface area contributed by atoms with Crippen LogP contribution in [0.15, 0.2) is 12.4 Å². The molecular formula is C14H26N4O2. The Kier molecular flexibility index (Phi) is 5.56. The molecule has 6 nitrogen and oxygen atoms in total. The number of hydrogen-bond donors (Lipinski definition) is 3. The maximum atomic E-state index is 12.0. The molecule has 0 radical (unpaired) electrons. The lowest BCUT2D eigenvalue weighted by atomic mass is 9.85. The molecule has 0 saturated heterocycles. The third kappa shape index (κ3) is 4.85. The summed E-state index contributed by atoms with van der Waals surface area (Å²) in [6.45, 7) is 8.09. The van der Waals surface area contributed by atoms with E-state index in [1.807, 2.05) is 40.9 Å². The lowest BCUT2D eigenvalue weighted by Crippen LogP contribution is -2.48. The summed E-state index contributed by atoms with van der Waals surface area (Å²) in [6, 6.07) is -0.415. The second kappa shape index (κ2) is 6.74. The van der Waals surface area contributed by atoms with Crippen LogP contribution in [0.5, 0.6) is 0 Å². The average Bonchev–Trinajstić information content (AvgIpc) is 2.74. The zero-order valence-corrected chi connectivity index (χ0v) is 13.0. The fourth-order valence-corrected chi connectivity index (χ4v) is 1.99. The number of amides is 2. The zero-order chi connectivity index (χ0) is 15.3. The summed E-state index contributed by atoms with van der Waals surface area (Å²) < 4.78 is 1.70. The first-order chi connectivity index (χ1) is 9.24. The Hall–Kier alpha value is -1.56. The molecular weight excluding hydrogens is 256 g/mol. The lowest BCUT2D eigenvalue weighted by molar-refractivity contribution is 0.188. The number of aryl methyl sites for hydroxylation is 1. The van der Waals surface area contributed by atoms with E-state index in [2.05, 4.69) is 15.7 Å². The van der Waals surface area contributed by atoms with Crippen LogP contribution in [0, 0.1) is 5.41 Å². The largest absolute Gasteiger partial charge is 0.396 e. The van der Waals surface area contributed by atoms with Crippen LogP contribution in [0.4, 0.5) is 4.79 Å². The number of nitrogens with one attached hydrogen (secondary N) is 2. The van der Waals surface area contributed by atoms with Crippen LogP contribution in [-0.4, -0.2) is 33.6 Å². The maximum absolute atomic E-state index is 12.0. The predicted molar refractivity (Wildman–Crippen MR) is 78.2 cm³/mol. The van der Waals surface area contributed by atoms with Gasteiger partial charge in [-0.3, -0.25) is 4.68 Å². The van der Waals surface area contributed by atoms with Crippen LogP contribution < -0.4 is 10.6 Å². The Morgan fingerprint density at radius 3 is 2.55 bits per heavy atom. The van der Waals surface area contributed by atoms with Crippen LogP contribution >= 0.6 is 0 Å². The minimum absolute atomic E-state index is 0.0559. The molecule has 2 atom stereocenters. The van der Waals surface area contributed by atoms with Gasteiger partial charge in [0.15, 0.2) is 0 Å². The van der Waals surface area contributed by atoms with Gasteiger partial charge in [-0.05, 0) is 18.8 Å². The quantitative estimate of drug-likeness (QED) is 0.767. The first kappa shape index (κ1) is 16.5. The lowest BCUT2D eigenvalue weighted by Gasteiger charge is -2.31. The van der Waals surface area contributed by atoms with E-state index >= 15 is 0 Å². The normalized spacial score (nSPS) is 14.7. The number of carbonyl (C=O) groups excluding carboxylic acids is 1. The molecule has 1 rings (SSSR count). The van der Waals surface area contributed by atoms with Gasteiger partial charge < -0.3 is 15.7 Å². The number of urea groups is 1. The molecule has 0 aliphatic rings. The fraction of sp³-hybridized carbons (Fsp3) is 0.714. The van der Waals surface area contributed by atoms with Crippen LogP contribution in [0.2, 0.25) is 0 Å². The molecule has 0 aliphatic heterocycles. The average molecular weight is 282 g/mol. The standard InChI is InChI=1S/C14H26N4O2/c1-10(11-8-15-18(5)9-11)16-13(20)17-12(6-7-19)14(2,3)4/h8-10,12,19H,6-7H2,1-5H3,(H2,16,17,20). The van der Waals surface area contributed by atoms with E-state index in [0.29, 0.717) is 6.42 Å². The van der Waals surface area contributed by atoms with E-state index in [1.54, 1.807) is 10.9 Å². The highest BCUT2D eigenvalue weighted by Crippen LogP contribution is 2.21. The predicted octanol–water partition coefficient (Wildman–Crippen LogP) is 1.58. The number of nitrogens with zero attached hydrogens (tertiary/aromatic N) is 2. The number of aromatic nitrogens is 2. The molecule has 3 N–H and O–H groups in total. The third-order valence-corrected chi connectivity index (χ3v) is 3.34. The molecule has 0 aromatic carbocycles. The summed E-state index contributed by atoms with van der Waals surface area (Å²) >= 11 is 0. The molecule has 0 aliphatic carbocycles. The number of carbonyl (C=O) groups is 1. The summed E-state index contributed by atoms with van der Waals surface area (Å²) in [4.78, 5) is 12.0. The van der Waals surface area contributed by atoms with E-state index in [0.717, 1.165) is 5.56 Å². The van der Waals surface area contributed by atoms with Gasteiger partial charge in [-0.1, -0.05) is 20.8 Å². The van der Waals surface area contributed by atoms with Crippen LogP contribution in [0.25, 0.3) is 0 Å². The number of hydrogen-bond acceptors (Lipinski definition) is 3. The van der Waals surface area contributed by atoms with Crippen molar-refractivity contribution < 1.29 is 9.90 Å². The fourth-order valence-electron chi connectivity index (χ4n) is 1.99. The molecule has 20 heavy (non-hydrogen) atoms. The van der Waals surface area contributed by atoms with Gasteiger partial charge >= 0.3 is 6.03 Å². The molecule has 6 heteroatoms. The molecule has 1 heterocycles. The summed E-state index contributed by atoms with van der Waals surface area (Å²) in [6.07, 6.45) is 4.15. The second-order valence-electron chi connectivity index (χ2n) is 6.22. The van der Waals surface area contributed by atoms with Crippen molar-refractivity contribution in [3.63, 3.8) is 0 Å². The highest BCUT2D eigenvalue weighted by atomic mass is 16.3. The number of aliphatic hydroxyl groups excluding tert-OH is 1. The topological polar surface area (TPSA) is 79.2 Å². The van der Waals surface area contributed by atoms with Gasteiger partial charge in [-0.15, -0.1) is 0 Å². The first-order valence-corrected chi connectivity index (χ1v) is 6.90. The maximum Gasteiger partial charge on any atom is 0.315 e. The Balaban J connectivity index is 2.57. The van der Waals surface area contributed by atoms with E-state index < -0.39 is 0 Å². The Morgan fingerprint density at radius 2 is 2.10 bits per heavy atom. The van der Waals surface area contributed by atoms with Gasteiger partial charge in [-0.2, -0.15) is 5.10 Å². The van der Waals surface area contributed by atoms with Crippen LogP contribution in [-0.2, 0) is 7.05 Å². The first-order valence-electron chi connectivity index (χ1n) is 6.90. The third-order valence-electron chi connectivity index (χ3n) is 3.34. The Labute approximate surface area is 120 Å². The minimum Gasteiger partial charge on any atom is -0.396 e. The van der Waals surface area contributed by atoms with Gasteiger partial charge in [0.1, 0.15) is 0 Å².